The Morgan fingerprint density at radius 1 is 1.12 bits per heavy atom. The first-order valence-electron chi connectivity index (χ1n) is 8.89. The smallest absolute Gasteiger partial charge is 0.335 e. The van der Waals surface area contributed by atoms with Crippen molar-refractivity contribution in [3.8, 4) is 5.75 Å². The zero-order chi connectivity index (χ0) is 19.7. The molecular weight excluding hydrogens is 328 g/mol. The molecule has 142 valence electrons. The average Bonchev–Trinajstić information content (AvgIpc) is 2.58. The number of aliphatic hydroxyl groups is 1. The second-order valence-corrected chi connectivity index (χ2v) is 6.92. The Morgan fingerprint density at radius 3 is 2.42 bits per heavy atom. The van der Waals surface area contributed by atoms with Crippen LogP contribution in [-0.2, 0) is 6.42 Å². The molecule has 4 heteroatoms. The maximum Gasteiger partial charge on any atom is 0.335 e. The first kappa shape index (κ1) is 21.7. The van der Waals surface area contributed by atoms with Gasteiger partial charge in [-0.1, -0.05) is 29.4 Å². The first-order chi connectivity index (χ1) is 12.2. The highest BCUT2D eigenvalue weighted by Gasteiger charge is 2.09. The highest BCUT2D eigenvalue weighted by Crippen LogP contribution is 2.21. The van der Waals surface area contributed by atoms with Gasteiger partial charge in [0.25, 0.3) is 0 Å². The second kappa shape index (κ2) is 10.6. The lowest BCUT2D eigenvalue weighted by atomic mass is 10.0. The molecule has 3 N–H and O–H groups in total. The highest BCUT2D eigenvalue weighted by atomic mass is 16.4. The number of carbonyl (C=O) groups is 1. The van der Waals surface area contributed by atoms with E-state index in [2.05, 4.69) is 32.9 Å². The molecule has 1 aromatic rings. The maximum absolute atomic E-state index is 11.0. The first-order valence-corrected chi connectivity index (χ1v) is 8.89. The number of phenolic OH excluding ortho intramolecular Hbond substituents is 1. The van der Waals surface area contributed by atoms with E-state index in [0.717, 1.165) is 18.4 Å². The van der Waals surface area contributed by atoms with Gasteiger partial charge in [-0.05, 0) is 82.7 Å². The SMILES string of the molecule is CC(C)=CCC/C(C)=C/C[C@@H](O)/C(C)=C/Cc1cc(C(=O)O)ccc1O. The summed E-state index contributed by atoms with van der Waals surface area (Å²) in [6.07, 6.45) is 8.42. The Hall–Kier alpha value is -2.33. The van der Waals surface area contributed by atoms with E-state index in [4.69, 9.17) is 5.11 Å². The zero-order valence-corrected chi connectivity index (χ0v) is 16.1. The van der Waals surface area contributed by atoms with E-state index < -0.39 is 12.1 Å². The lowest BCUT2D eigenvalue weighted by Crippen LogP contribution is -2.07. The molecule has 0 bridgehead atoms. The minimum Gasteiger partial charge on any atom is -0.508 e. The predicted molar refractivity (Wildman–Crippen MR) is 106 cm³/mol. The Kier molecular flexibility index (Phi) is 8.86. The molecular formula is C22H30O4. The number of allylic oxidation sites excluding steroid dienone is 4. The molecule has 0 saturated heterocycles. The van der Waals surface area contributed by atoms with Crippen molar-refractivity contribution in [2.75, 3.05) is 0 Å². The van der Waals surface area contributed by atoms with Crippen LogP contribution in [0.5, 0.6) is 5.75 Å². The average molecular weight is 358 g/mol. The fourth-order valence-corrected chi connectivity index (χ4v) is 2.48. The van der Waals surface area contributed by atoms with Crippen molar-refractivity contribution in [2.45, 2.75) is 59.5 Å². The van der Waals surface area contributed by atoms with Gasteiger partial charge < -0.3 is 15.3 Å². The summed E-state index contributed by atoms with van der Waals surface area (Å²) >= 11 is 0. The summed E-state index contributed by atoms with van der Waals surface area (Å²) in [5.74, 6) is -0.968. The summed E-state index contributed by atoms with van der Waals surface area (Å²) in [5, 5.41) is 29.2. The lowest BCUT2D eigenvalue weighted by molar-refractivity contribution is 0.0696. The van der Waals surface area contributed by atoms with Gasteiger partial charge in [-0.2, -0.15) is 0 Å². The van der Waals surface area contributed by atoms with Crippen molar-refractivity contribution in [1.29, 1.82) is 0 Å². The molecule has 0 heterocycles. The molecule has 1 atom stereocenters. The zero-order valence-electron chi connectivity index (χ0n) is 16.1. The van der Waals surface area contributed by atoms with Crippen LogP contribution >= 0.6 is 0 Å². The third-order valence-electron chi connectivity index (χ3n) is 4.28. The van der Waals surface area contributed by atoms with Crippen molar-refractivity contribution < 1.29 is 20.1 Å². The van der Waals surface area contributed by atoms with Crippen molar-refractivity contribution in [3.63, 3.8) is 0 Å². The number of carboxylic acids is 1. The van der Waals surface area contributed by atoms with Gasteiger partial charge >= 0.3 is 5.97 Å². The molecule has 0 aliphatic carbocycles. The van der Waals surface area contributed by atoms with Crippen LogP contribution in [0.3, 0.4) is 0 Å². The van der Waals surface area contributed by atoms with Crippen LogP contribution in [-0.4, -0.2) is 27.4 Å². The number of aromatic hydroxyl groups is 1. The maximum atomic E-state index is 11.0. The number of rotatable bonds is 9. The largest absolute Gasteiger partial charge is 0.508 e. The Morgan fingerprint density at radius 2 is 1.81 bits per heavy atom. The van der Waals surface area contributed by atoms with Crippen molar-refractivity contribution in [1.82, 2.24) is 0 Å². The van der Waals surface area contributed by atoms with Gasteiger partial charge in [0, 0.05) is 0 Å². The molecule has 26 heavy (non-hydrogen) atoms. The van der Waals surface area contributed by atoms with Gasteiger partial charge in [0.15, 0.2) is 0 Å². The van der Waals surface area contributed by atoms with Crippen LogP contribution in [0.1, 0.15) is 62.9 Å². The Balaban J connectivity index is 2.65. The van der Waals surface area contributed by atoms with E-state index in [1.165, 1.54) is 29.3 Å². The number of aromatic carboxylic acids is 1. The van der Waals surface area contributed by atoms with Gasteiger partial charge in [-0.25, -0.2) is 4.79 Å². The highest BCUT2D eigenvalue weighted by molar-refractivity contribution is 5.88. The number of benzene rings is 1. The topological polar surface area (TPSA) is 77.8 Å². The summed E-state index contributed by atoms with van der Waals surface area (Å²) in [6, 6.07) is 4.22. The molecule has 0 aromatic heterocycles. The lowest BCUT2D eigenvalue weighted by Gasteiger charge is -2.10. The van der Waals surface area contributed by atoms with E-state index in [1.807, 2.05) is 13.0 Å². The minimum absolute atomic E-state index is 0.0588. The van der Waals surface area contributed by atoms with Gasteiger partial charge in [-0.3, -0.25) is 0 Å². The van der Waals surface area contributed by atoms with Gasteiger partial charge in [0.1, 0.15) is 5.75 Å². The summed E-state index contributed by atoms with van der Waals surface area (Å²) in [5.41, 5.74) is 4.04. The Bertz CT molecular complexity index is 707. The van der Waals surface area contributed by atoms with Crippen LogP contribution in [0.25, 0.3) is 0 Å². The van der Waals surface area contributed by atoms with Crippen LogP contribution < -0.4 is 0 Å². The van der Waals surface area contributed by atoms with Crippen LogP contribution in [0, 0.1) is 0 Å². The molecule has 4 nitrogen and oxygen atoms in total. The van der Waals surface area contributed by atoms with E-state index in [-0.39, 0.29) is 11.3 Å². The number of aliphatic hydroxyl groups excluding tert-OH is 1. The van der Waals surface area contributed by atoms with Gasteiger partial charge in [0.05, 0.1) is 11.7 Å². The van der Waals surface area contributed by atoms with E-state index >= 15 is 0 Å². The monoisotopic (exact) mass is 358 g/mol. The molecule has 0 radical (unpaired) electrons. The standard InChI is InChI=1S/C22H30O4/c1-15(2)6-5-7-16(3)8-12-20(23)17(4)9-10-18-14-19(22(25)26)11-13-21(18)24/h6,8-9,11,13-14,20,23-24H,5,7,10,12H2,1-4H3,(H,25,26)/b16-8+,17-9+/t20-/m1/s1. The fraction of sp³-hybridized carbons (Fsp3) is 0.409. The molecule has 0 aliphatic heterocycles. The third-order valence-corrected chi connectivity index (χ3v) is 4.28. The van der Waals surface area contributed by atoms with E-state index in [0.29, 0.717) is 18.4 Å². The predicted octanol–water partition coefficient (Wildman–Crippen LogP) is 5.02. The summed E-state index contributed by atoms with van der Waals surface area (Å²) in [4.78, 5) is 11.0. The van der Waals surface area contributed by atoms with Crippen molar-refractivity contribution >= 4 is 5.97 Å². The van der Waals surface area contributed by atoms with Crippen molar-refractivity contribution in [2.24, 2.45) is 0 Å². The molecule has 0 aliphatic rings. The molecule has 1 aromatic carbocycles. The third kappa shape index (κ3) is 7.70. The van der Waals surface area contributed by atoms with E-state index in [9.17, 15) is 15.0 Å². The summed E-state index contributed by atoms with van der Waals surface area (Å²) in [6.45, 7) is 8.08. The van der Waals surface area contributed by atoms with E-state index in [1.54, 1.807) is 0 Å². The quantitative estimate of drug-likeness (QED) is 0.541. The molecule has 0 fully saturated rings. The van der Waals surface area contributed by atoms with Crippen LogP contribution in [0.15, 0.2) is 53.1 Å². The van der Waals surface area contributed by atoms with Gasteiger partial charge in [0.2, 0.25) is 0 Å². The van der Waals surface area contributed by atoms with Crippen LogP contribution in [0.2, 0.25) is 0 Å². The molecule has 0 saturated carbocycles. The number of phenols is 1. The summed E-state index contributed by atoms with van der Waals surface area (Å²) < 4.78 is 0. The summed E-state index contributed by atoms with van der Waals surface area (Å²) in [7, 11) is 0. The molecule has 0 amide bonds. The Labute approximate surface area is 156 Å². The van der Waals surface area contributed by atoms with Crippen molar-refractivity contribution in [3.05, 3.63) is 64.3 Å². The minimum atomic E-state index is -1.03. The molecule has 1 rings (SSSR count). The van der Waals surface area contributed by atoms with Gasteiger partial charge in [-0.15, -0.1) is 0 Å². The number of hydrogen-bond donors (Lipinski definition) is 3. The molecule has 0 unspecified atom stereocenters. The second-order valence-electron chi connectivity index (χ2n) is 6.92. The van der Waals surface area contributed by atoms with Crippen LogP contribution in [0.4, 0.5) is 0 Å². The fourth-order valence-electron chi connectivity index (χ4n) is 2.48. The molecule has 0 spiro atoms. The number of hydrogen-bond acceptors (Lipinski definition) is 3. The normalized spacial score (nSPS) is 13.4. The number of carboxylic acid groups (broad SMARTS) is 1.